The molecule has 130 valence electrons. The molecular formula is C19H23N5O. The summed E-state index contributed by atoms with van der Waals surface area (Å²) in [5.41, 5.74) is 2.09. The molecule has 0 saturated heterocycles. The van der Waals surface area contributed by atoms with Crippen LogP contribution in [-0.4, -0.2) is 31.4 Å². The Morgan fingerprint density at radius 1 is 1.32 bits per heavy atom. The number of nitrogens with zero attached hydrogens (tertiary/aromatic N) is 4. The van der Waals surface area contributed by atoms with Crippen molar-refractivity contribution in [3.05, 3.63) is 54.5 Å². The molecule has 0 spiro atoms. The van der Waals surface area contributed by atoms with Crippen molar-refractivity contribution in [2.45, 2.75) is 39.2 Å². The Labute approximate surface area is 146 Å². The molecule has 3 aromatic rings. The summed E-state index contributed by atoms with van der Waals surface area (Å²) in [5.74, 6) is 1.13. The van der Waals surface area contributed by atoms with E-state index < -0.39 is 0 Å². The van der Waals surface area contributed by atoms with Gasteiger partial charge in [0.05, 0.1) is 5.69 Å². The SMILES string of the molecule is Cc1nccn1CC1(CNC(=O)CCc2cn3ccccc3n2)CC1. The standard InChI is InChI=1S/C19H23N5O/c1-15-20-9-11-24(15)14-19(7-8-19)13-21-18(25)6-5-16-12-23-10-3-2-4-17(23)22-16/h2-4,9-12H,5-8,13-14H2,1H3,(H,21,25). The third-order valence-electron chi connectivity index (χ3n) is 5.07. The van der Waals surface area contributed by atoms with Crippen LogP contribution in [0, 0.1) is 12.3 Å². The first-order chi connectivity index (χ1) is 12.1. The van der Waals surface area contributed by atoms with Crippen LogP contribution in [-0.2, 0) is 17.8 Å². The van der Waals surface area contributed by atoms with Gasteiger partial charge in [-0.3, -0.25) is 4.79 Å². The summed E-state index contributed by atoms with van der Waals surface area (Å²) < 4.78 is 4.16. The molecule has 0 atom stereocenters. The van der Waals surface area contributed by atoms with Crippen molar-refractivity contribution in [1.29, 1.82) is 0 Å². The molecule has 6 heteroatoms. The van der Waals surface area contributed by atoms with E-state index in [4.69, 9.17) is 0 Å². The van der Waals surface area contributed by atoms with Gasteiger partial charge < -0.3 is 14.3 Å². The van der Waals surface area contributed by atoms with Crippen molar-refractivity contribution in [1.82, 2.24) is 24.3 Å². The Balaban J connectivity index is 1.27. The third kappa shape index (κ3) is 3.57. The first kappa shape index (κ1) is 15.9. The number of fused-ring (bicyclic) bond motifs is 1. The molecule has 1 aliphatic rings. The second-order valence-electron chi connectivity index (χ2n) is 7.08. The van der Waals surface area contributed by atoms with Crippen LogP contribution in [0.4, 0.5) is 0 Å². The number of pyridine rings is 1. The summed E-state index contributed by atoms with van der Waals surface area (Å²) in [6, 6.07) is 5.91. The van der Waals surface area contributed by atoms with E-state index in [0.717, 1.165) is 43.1 Å². The Bertz CT molecular complexity index is 857. The van der Waals surface area contributed by atoms with Crippen LogP contribution in [0.2, 0.25) is 0 Å². The molecule has 1 amide bonds. The van der Waals surface area contributed by atoms with Crippen LogP contribution in [0.5, 0.6) is 0 Å². The van der Waals surface area contributed by atoms with E-state index in [2.05, 4.69) is 19.9 Å². The number of hydrogen-bond donors (Lipinski definition) is 1. The molecule has 1 aliphatic carbocycles. The predicted octanol–water partition coefficient (Wildman–Crippen LogP) is 2.37. The molecule has 0 aromatic carbocycles. The molecule has 1 fully saturated rings. The zero-order chi connectivity index (χ0) is 17.3. The highest BCUT2D eigenvalue weighted by atomic mass is 16.1. The fraction of sp³-hybridized carbons (Fsp3) is 0.421. The second kappa shape index (κ2) is 6.35. The average molecular weight is 337 g/mol. The molecule has 0 aliphatic heterocycles. The minimum absolute atomic E-state index is 0.102. The Morgan fingerprint density at radius 3 is 2.92 bits per heavy atom. The van der Waals surface area contributed by atoms with Gasteiger partial charge >= 0.3 is 0 Å². The molecule has 0 bridgehead atoms. The van der Waals surface area contributed by atoms with Gasteiger partial charge in [-0.1, -0.05) is 6.07 Å². The monoisotopic (exact) mass is 337 g/mol. The number of imidazole rings is 2. The molecule has 4 rings (SSSR count). The smallest absolute Gasteiger partial charge is 0.220 e. The first-order valence-corrected chi connectivity index (χ1v) is 8.81. The van der Waals surface area contributed by atoms with Crippen LogP contribution in [0.3, 0.4) is 0 Å². The normalized spacial score (nSPS) is 15.4. The van der Waals surface area contributed by atoms with Gasteiger partial charge in [0.25, 0.3) is 0 Å². The van der Waals surface area contributed by atoms with Crippen molar-refractivity contribution >= 4 is 11.6 Å². The van der Waals surface area contributed by atoms with E-state index in [1.54, 1.807) is 0 Å². The van der Waals surface area contributed by atoms with Crippen LogP contribution < -0.4 is 5.32 Å². The zero-order valence-corrected chi connectivity index (χ0v) is 14.5. The highest BCUT2D eigenvalue weighted by Crippen LogP contribution is 2.46. The van der Waals surface area contributed by atoms with Crippen LogP contribution >= 0.6 is 0 Å². The highest BCUT2D eigenvalue weighted by Gasteiger charge is 2.43. The quantitative estimate of drug-likeness (QED) is 0.720. The molecule has 25 heavy (non-hydrogen) atoms. The van der Waals surface area contributed by atoms with Crippen molar-refractivity contribution < 1.29 is 4.79 Å². The van der Waals surface area contributed by atoms with Gasteiger partial charge in [-0.15, -0.1) is 0 Å². The van der Waals surface area contributed by atoms with Crippen molar-refractivity contribution in [2.24, 2.45) is 5.41 Å². The predicted molar refractivity (Wildman–Crippen MR) is 95.2 cm³/mol. The number of nitrogens with one attached hydrogen (secondary N) is 1. The number of aromatic nitrogens is 4. The summed E-state index contributed by atoms with van der Waals surface area (Å²) in [6.45, 7) is 3.70. The number of rotatable bonds is 7. The number of carbonyl (C=O) groups is 1. The van der Waals surface area contributed by atoms with Crippen molar-refractivity contribution in [3.63, 3.8) is 0 Å². The van der Waals surface area contributed by atoms with Gasteiger partial charge in [0.15, 0.2) is 0 Å². The molecule has 0 radical (unpaired) electrons. The lowest BCUT2D eigenvalue weighted by atomic mass is 10.1. The molecule has 6 nitrogen and oxygen atoms in total. The summed E-state index contributed by atoms with van der Waals surface area (Å²) in [5, 5.41) is 3.11. The van der Waals surface area contributed by atoms with Gasteiger partial charge in [-0.05, 0) is 38.3 Å². The maximum absolute atomic E-state index is 12.2. The lowest BCUT2D eigenvalue weighted by Gasteiger charge is -2.17. The van der Waals surface area contributed by atoms with E-state index in [1.165, 1.54) is 0 Å². The number of hydrogen-bond acceptors (Lipinski definition) is 3. The maximum Gasteiger partial charge on any atom is 0.220 e. The third-order valence-corrected chi connectivity index (χ3v) is 5.07. The van der Waals surface area contributed by atoms with Crippen molar-refractivity contribution in [3.8, 4) is 0 Å². The molecule has 0 unspecified atom stereocenters. The Kier molecular flexibility index (Phi) is 4.03. The summed E-state index contributed by atoms with van der Waals surface area (Å²) in [4.78, 5) is 21.0. The first-order valence-electron chi connectivity index (χ1n) is 8.81. The average Bonchev–Trinajstić information content (AvgIpc) is 3.06. The highest BCUT2D eigenvalue weighted by molar-refractivity contribution is 5.76. The van der Waals surface area contributed by atoms with Gasteiger partial charge in [0, 0.05) is 49.7 Å². The lowest BCUT2D eigenvalue weighted by Crippen LogP contribution is -2.32. The zero-order valence-electron chi connectivity index (χ0n) is 14.5. The van der Waals surface area contributed by atoms with E-state index in [0.29, 0.717) is 12.8 Å². The topological polar surface area (TPSA) is 64.2 Å². The summed E-state index contributed by atoms with van der Waals surface area (Å²) >= 11 is 0. The van der Waals surface area contributed by atoms with Crippen molar-refractivity contribution in [2.75, 3.05) is 6.54 Å². The number of aryl methyl sites for hydroxylation is 2. The molecular weight excluding hydrogens is 314 g/mol. The Hall–Kier alpha value is -2.63. The Morgan fingerprint density at radius 2 is 2.20 bits per heavy atom. The maximum atomic E-state index is 12.2. The second-order valence-corrected chi connectivity index (χ2v) is 7.08. The van der Waals surface area contributed by atoms with Gasteiger partial charge in [-0.25, -0.2) is 9.97 Å². The summed E-state index contributed by atoms with van der Waals surface area (Å²) in [6.07, 6.45) is 11.3. The number of amides is 1. The minimum atomic E-state index is 0.102. The molecule has 1 saturated carbocycles. The van der Waals surface area contributed by atoms with Gasteiger partial charge in [-0.2, -0.15) is 0 Å². The van der Waals surface area contributed by atoms with E-state index >= 15 is 0 Å². The fourth-order valence-corrected chi connectivity index (χ4v) is 3.22. The van der Waals surface area contributed by atoms with E-state index in [-0.39, 0.29) is 11.3 Å². The lowest BCUT2D eigenvalue weighted by molar-refractivity contribution is -0.121. The van der Waals surface area contributed by atoms with Crippen LogP contribution in [0.15, 0.2) is 43.0 Å². The van der Waals surface area contributed by atoms with Gasteiger partial charge in [0.1, 0.15) is 11.5 Å². The molecule has 1 N–H and O–H groups in total. The largest absolute Gasteiger partial charge is 0.355 e. The minimum Gasteiger partial charge on any atom is -0.355 e. The van der Waals surface area contributed by atoms with Crippen LogP contribution in [0.1, 0.15) is 30.8 Å². The van der Waals surface area contributed by atoms with Crippen LogP contribution in [0.25, 0.3) is 5.65 Å². The number of carbonyl (C=O) groups excluding carboxylic acids is 1. The molecule has 3 heterocycles. The molecule has 3 aromatic heterocycles. The van der Waals surface area contributed by atoms with E-state index in [9.17, 15) is 4.79 Å². The van der Waals surface area contributed by atoms with E-state index in [1.807, 2.05) is 54.3 Å². The summed E-state index contributed by atoms with van der Waals surface area (Å²) in [7, 11) is 0. The fourth-order valence-electron chi connectivity index (χ4n) is 3.22. The van der Waals surface area contributed by atoms with Gasteiger partial charge in [0.2, 0.25) is 5.91 Å².